The summed E-state index contributed by atoms with van der Waals surface area (Å²) in [5, 5.41) is 2.68. The Balaban J connectivity index is 3.01. The van der Waals surface area contributed by atoms with Gasteiger partial charge in [-0.05, 0) is 11.8 Å². The topological polar surface area (TPSA) is 49.4 Å². The highest BCUT2D eigenvalue weighted by molar-refractivity contribution is 5.97. The second-order valence-electron chi connectivity index (χ2n) is 5.44. The van der Waals surface area contributed by atoms with E-state index >= 15 is 0 Å². The van der Waals surface area contributed by atoms with Crippen LogP contribution in [-0.2, 0) is 9.59 Å². The van der Waals surface area contributed by atoms with E-state index < -0.39 is 31.0 Å². The highest BCUT2D eigenvalue weighted by Gasteiger charge is 2.44. The maximum atomic E-state index is 12.6. The Morgan fingerprint density at radius 3 is 2.26 bits per heavy atom. The van der Waals surface area contributed by atoms with E-state index in [9.17, 15) is 18.4 Å². The fourth-order valence-electron chi connectivity index (χ4n) is 2.39. The lowest BCUT2D eigenvalue weighted by Gasteiger charge is -2.42. The quantitative estimate of drug-likeness (QED) is 0.830. The van der Waals surface area contributed by atoms with Crippen LogP contribution in [0.15, 0.2) is 0 Å². The van der Waals surface area contributed by atoms with Gasteiger partial charge in [0, 0.05) is 0 Å². The number of hydrogen-bond donors (Lipinski definition) is 1. The molecule has 0 aromatic carbocycles. The average Bonchev–Trinajstić information content (AvgIpc) is 2.31. The van der Waals surface area contributed by atoms with Crippen LogP contribution in [-0.4, -0.2) is 41.8 Å². The number of piperazine rings is 1. The fourth-order valence-corrected chi connectivity index (χ4v) is 2.39. The largest absolute Gasteiger partial charge is 0.342 e. The summed E-state index contributed by atoms with van der Waals surface area (Å²) < 4.78 is 25.3. The monoisotopic (exact) mass is 276 g/mol. The van der Waals surface area contributed by atoms with Crippen LogP contribution in [0.5, 0.6) is 0 Å². The molecule has 6 heteroatoms. The van der Waals surface area contributed by atoms with Crippen LogP contribution in [0, 0.1) is 11.8 Å². The van der Waals surface area contributed by atoms with E-state index in [1.54, 1.807) is 13.8 Å². The van der Waals surface area contributed by atoms with Crippen LogP contribution in [0.1, 0.15) is 34.1 Å². The standard InChI is InChI=1S/C13H22F2N2O2/c1-5-8(4)10-13(19)17(6-9(14)15)11(7(2)3)12(18)16-10/h7-11H,5-6H2,1-4H3,(H,16,18). The fraction of sp³-hybridized carbons (Fsp3) is 0.846. The van der Waals surface area contributed by atoms with E-state index in [2.05, 4.69) is 5.32 Å². The Morgan fingerprint density at radius 2 is 1.84 bits per heavy atom. The van der Waals surface area contributed by atoms with Gasteiger partial charge in [0.25, 0.3) is 6.43 Å². The molecular weight excluding hydrogens is 254 g/mol. The van der Waals surface area contributed by atoms with Gasteiger partial charge in [-0.2, -0.15) is 0 Å². The molecule has 110 valence electrons. The Bertz CT molecular complexity index is 348. The molecule has 1 rings (SSSR count). The first kappa shape index (κ1) is 15.9. The first-order valence-electron chi connectivity index (χ1n) is 6.68. The van der Waals surface area contributed by atoms with Gasteiger partial charge in [0.2, 0.25) is 11.8 Å². The van der Waals surface area contributed by atoms with Gasteiger partial charge in [-0.3, -0.25) is 9.59 Å². The molecule has 0 radical (unpaired) electrons. The number of carbonyl (C=O) groups excluding carboxylic acids is 2. The number of halogens is 2. The van der Waals surface area contributed by atoms with Gasteiger partial charge in [-0.1, -0.05) is 34.1 Å². The van der Waals surface area contributed by atoms with Gasteiger partial charge in [0.15, 0.2) is 0 Å². The van der Waals surface area contributed by atoms with Crippen molar-refractivity contribution < 1.29 is 18.4 Å². The third-order valence-electron chi connectivity index (χ3n) is 3.63. The molecule has 0 bridgehead atoms. The molecule has 0 saturated carbocycles. The zero-order valence-electron chi connectivity index (χ0n) is 11.8. The molecule has 2 amide bonds. The maximum Gasteiger partial charge on any atom is 0.255 e. The van der Waals surface area contributed by atoms with Gasteiger partial charge in [0.05, 0.1) is 6.54 Å². The number of nitrogens with zero attached hydrogens (tertiary/aromatic N) is 1. The van der Waals surface area contributed by atoms with Crippen molar-refractivity contribution in [1.82, 2.24) is 10.2 Å². The van der Waals surface area contributed by atoms with E-state index in [0.29, 0.717) is 6.42 Å². The Hall–Kier alpha value is -1.20. The van der Waals surface area contributed by atoms with Gasteiger partial charge >= 0.3 is 0 Å². The highest BCUT2D eigenvalue weighted by Crippen LogP contribution is 2.22. The van der Waals surface area contributed by atoms with Crippen molar-refractivity contribution in [3.05, 3.63) is 0 Å². The lowest BCUT2D eigenvalue weighted by Crippen LogP contribution is -2.66. The normalized spacial score (nSPS) is 26.0. The number of nitrogens with one attached hydrogen (secondary N) is 1. The molecule has 1 fully saturated rings. The van der Waals surface area contributed by atoms with Crippen molar-refractivity contribution >= 4 is 11.8 Å². The molecular formula is C13H22F2N2O2. The van der Waals surface area contributed by atoms with Crippen LogP contribution in [0.2, 0.25) is 0 Å². The number of rotatable bonds is 5. The lowest BCUT2D eigenvalue weighted by molar-refractivity contribution is -0.154. The van der Waals surface area contributed by atoms with Crippen molar-refractivity contribution in [3.63, 3.8) is 0 Å². The van der Waals surface area contributed by atoms with E-state index in [1.807, 2.05) is 13.8 Å². The average molecular weight is 276 g/mol. The van der Waals surface area contributed by atoms with Crippen molar-refractivity contribution in [3.8, 4) is 0 Å². The summed E-state index contributed by atoms with van der Waals surface area (Å²) in [4.78, 5) is 25.4. The summed E-state index contributed by atoms with van der Waals surface area (Å²) in [5.41, 5.74) is 0. The minimum Gasteiger partial charge on any atom is -0.342 e. The summed E-state index contributed by atoms with van der Waals surface area (Å²) in [6, 6.07) is -1.49. The van der Waals surface area contributed by atoms with Gasteiger partial charge < -0.3 is 10.2 Å². The number of carbonyl (C=O) groups is 2. The SMILES string of the molecule is CCC(C)C1NC(=O)C(C(C)C)N(CC(F)F)C1=O. The van der Waals surface area contributed by atoms with E-state index in [1.165, 1.54) is 0 Å². The molecule has 19 heavy (non-hydrogen) atoms. The molecule has 1 aliphatic heterocycles. The van der Waals surface area contributed by atoms with Crippen LogP contribution in [0.4, 0.5) is 8.78 Å². The molecule has 4 nitrogen and oxygen atoms in total. The van der Waals surface area contributed by atoms with Gasteiger partial charge in [-0.25, -0.2) is 8.78 Å². The molecule has 1 N–H and O–H groups in total. The molecule has 3 atom stereocenters. The second-order valence-corrected chi connectivity index (χ2v) is 5.44. The molecule has 1 saturated heterocycles. The van der Waals surface area contributed by atoms with E-state index in [-0.39, 0.29) is 17.7 Å². The maximum absolute atomic E-state index is 12.6. The van der Waals surface area contributed by atoms with Crippen LogP contribution < -0.4 is 5.32 Å². The third-order valence-corrected chi connectivity index (χ3v) is 3.63. The summed E-state index contributed by atoms with van der Waals surface area (Å²) in [7, 11) is 0. The number of amides is 2. The summed E-state index contributed by atoms with van der Waals surface area (Å²) in [6.45, 7) is 6.55. The Labute approximate surface area is 112 Å². The molecule has 1 aliphatic rings. The summed E-state index contributed by atoms with van der Waals surface area (Å²) >= 11 is 0. The highest BCUT2D eigenvalue weighted by atomic mass is 19.3. The number of hydrogen-bond acceptors (Lipinski definition) is 2. The summed E-state index contributed by atoms with van der Waals surface area (Å²) in [5.74, 6) is -0.987. The molecule has 0 aromatic heterocycles. The minimum atomic E-state index is -2.63. The summed E-state index contributed by atoms with van der Waals surface area (Å²) in [6.07, 6.45) is -1.93. The van der Waals surface area contributed by atoms with Crippen molar-refractivity contribution in [1.29, 1.82) is 0 Å². The second kappa shape index (κ2) is 6.30. The first-order chi connectivity index (χ1) is 8.79. The molecule has 3 unspecified atom stereocenters. The Morgan fingerprint density at radius 1 is 1.26 bits per heavy atom. The smallest absolute Gasteiger partial charge is 0.255 e. The van der Waals surface area contributed by atoms with Crippen LogP contribution in [0.25, 0.3) is 0 Å². The van der Waals surface area contributed by atoms with Crippen molar-refractivity contribution in [2.45, 2.75) is 52.6 Å². The predicted octanol–water partition coefficient (Wildman–Crippen LogP) is 1.65. The van der Waals surface area contributed by atoms with Crippen LogP contribution >= 0.6 is 0 Å². The third kappa shape index (κ3) is 3.42. The minimum absolute atomic E-state index is 0.0651. The van der Waals surface area contributed by atoms with E-state index in [0.717, 1.165) is 4.90 Å². The predicted molar refractivity (Wildman–Crippen MR) is 67.7 cm³/mol. The number of alkyl halides is 2. The lowest BCUT2D eigenvalue weighted by atomic mass is 9.91. The van der Waals surface area contributed by atoms with Gasteiger partial charge in [0.1, 0.15) is 12.1 Å². The molecule has 0 aliphatic carbocycles. The zero-order valence-corrected chi connectivity index (χ0v) is 11.8. The zero-order chi connectivity index (χ0) is 14.7. The van der Waals surface area contributed by atoms with E-state index in [4.69, 9.17) is 0 Å². The Kier molecular flexibility index (Phi) is 5.26. The molecule has 0 spiro atoms. The van der Waals surface area contributed by atoms with Crippen molar-refractivity contribution in [2.75, 3.05) is 6.54 Å². The first-order valence-corrected chi connectivity index (χ1v) is 6.68. The van der Waals surface area contributed by atoms with Crippen molar-refractivity contribution in [2.24, 2.45) is 11.8 Å². The molecule has 0 aromatic rings. The molecule has 1 heterocycles. The van der Waals surface area contributed by atoms with Gasteiger partial charge in [-0.15, -0.1) is 0 Å². The van der Waals surface area contributed by atoms with Crippen LogP contribution in [0.3, 0.4) is 0 Å².